The third-order valence-electron chi connectivity index (χ3n) is 3.77. The van der Waals surface area contributed by atoms with Crippen LogP contribution in [-0.2, 0) is 17.6 Å². The number of benzene rings is 2. The van der Waals surface area contributed by atoms with Gasteiger partial charge in [-0.05, 0) is 48.1 Å². The maximum atomic E-state index is 11.0. The summed E-state index contributed by atoms with van der Waals surface area (Å²) in [5, 5.41) is -0.0645. The average molecular weight is 314 g/mol. The molecule has 0 amide bonds. The second-order valence-electron chi connectivity index (χ2n) is 5.38. The normalized spacial score (nSPS) is 12.4. The minimum absolute atomic E-state index is 0.0645. The minimum atomic E-state index is -0.0645. The number of aryl methyl sites for hydroxylation is 1. The van der Waals surface area contributed by atoms with Crippen LogP contribution in [0.15, 0.2) is 42.5 Å². The first-order chi connectivity index (χ1) is 10.7. The minimum Gasteiger partial charge on any atom is -0.454 e. The van der Waals surface area contributed by atoms with E-state index in [-0.39, 0.29) is 11.9 Å². The fourth-order valence-corrected chi connectivity index (χ4v) is 2.83. The molecule has 114 valence electrons. The molecule has 0 atom stereocenters. The van der Waals surface area contributed by atoms with Crippen LogP contribution in [0.4, 0.5) is 0 Å². The molecule has 1 heterocycles. The highest BCUT2D eigenvalue weighted by Gasteiger charge is 2.17. The molecule has 0 N–H and O–H groups in total. The Morgan fingerprint density at radius 2 is 1.73 bits per heavy atom. The van der Waals surface area contributed by atoms with Crippen LogP contribution in [-0.4, -0.2) is 11.9 Å². The molecule has 0 aliphatic carbocycles. The van der Waals surface area contributed by atoms with Crippen molar-refractivity contribution >= 4 is 17.7 Å². The number of carbonyl (C=O) groups excluding carboxylic acids is 1. The van der Waals surface area contributed by atoms with Crippen LogP contribution < -0.4 is 9.47 Å². The van der Waals surface area contributed by atoms with Gasteiger partial charge in [0.25, 0.3) is 0 Å². The molecule has 0 unspecified atom stereocenters. The standard InChI is InChI=1S/C18H18O3S/c19-18(22)8-4-7-14-10-16-17(21-12-20-16)11-15(14)9-13-5-2-1-3-6-13/h1-3,5-6,10-11H,4,7-9,12H2,(H,19,22). The Bertz CT molecular complexity index is 668. The molecular weight excluding hydrogens is 296 g/mol. The van der Waals surface area contributed by atoms with Crippen molar-refractivity contribution in [3.05, 3.63) is 59.2 Å². The van der Waals surface area contributed by atoms with Gasteiger partial charge in [0.2, 0.25) is 6.79 Å². The van der Waals surface area contributed by atoms with E-state index in [9.17, 15) is 4.79 Å². The molecule has 0 radical (unpaired) electrons. The van der Waals surface area contributed by atoms with Crippen LogP contribution >= 0.6 is 12.6 Å². The van der Waals surface area contributed by atoms with Gasteiger partial charge in [-0.3, -0.25) is 4.79 Å². The number of thiol groups is 1. The van der Waals surface area contributed by atoms with Gasteiger partial charge >= 0.3 is 0 Å². The molecule has 0 aromatic heterocycles. The maximum Gasteiger partial charge on any atom is 0.231 e. The fraction of sp³-hybridized carbons (Fsp3) is 0.278. The van der Waals surface area contributed by atoms with Gasteiger partial charge in [-0.1, -0.05) is 30.3 Å². The van der Waals surface area contributed by atoms with E-state index in [1.54, 1.807) is 0 Å². The summed E-state index contributed by atoms with van der Waals surface area (Å²) >= 11 is 3.83. The van der Waals surface area contributed by atoms with Gasteiger partial charge in [-0.2, -0.15) is 0 Å². The number of rotatable bonds is 6. The predicted octanol–water partition coefficient (Wildman–Crippen LogP) is 3.79. The number of carbonyl (C=O) groups is 1. The van der Waals surface area contributed by atoms with Crippen molar-refractivity contribution in [1.29, 1.82) is 0 Å². The SMILES string of the molecule is O=C(S)CCCc1cc2c(cc1Cc1ccccc1)OCO2. The largest absolute Gasteiger partial charge is 0.454 e. The van der Waals surface area contributed by atoms with Gasteiger partial charge in [0, 0.05) is 6.42 Å². The quantitative estimate of drug-likeness (QED) is 0.824. The summed E-state index contributed by atoms with van der Waals surface area (Å²) in [6.45, 7) is 0.276. The number of hydrogen-bond acceptors (Lipinski definition) is 3. The van der Waals surface area contributed by atoms with E-state index in [1.807, 2.05) is 24.3 Å². The zero-order valence-electron chi connectivity index (χ0n) is 12.2. The van der Waals surface area contributed by atoms with E-state index < -0.39 is 0 Å². The summed E-state index contributed by atoms with van der Waals surface area (Å²) in [5.41, 5.74) is 3.69. The van der Waals surface area contributed by atoms with Gasteiger partial charge in [0.1, 0.15) is 0 Å². The topological polar surface area (TPSA) is 35.5 Å². The van der Waals surface area contributed by atoms with Crippen molar-refractivity contribution in [3.8, 4) is 11.5 Å². The third-order valence-corrected chi connectivity index (χ3v) is 3.99. The lowest BCUT2D eigenvalue weighted by molar-refractivity contribution is -0.110. The Labute approximate surface area is 135 Å². The lowest BCUT2D eigenvalue weighted by Gasteiger charge is -2.11. The number of ether oxygens (including phenoxy) is 2. The lowest BCUT2D eigenvalue weighted by atomic mass is 9.96. The molecule has 0 fully saturated rings. The van der Waals surface area contributed by atoms with Crippen molar-refractivity contribution in [2.75, 3.05) is 6.79 Å². The number of hydrogen-bond donors (Lipinski definition) is 1. The molecule has 2 aromatic rings. The van der Waals surface area contributed by atoms with E-state index in [1.165, 1.54) is 16.7 Å². The van der Waals surface area contributed by atoms with E-state index in [0.29, 0.717) is 6.42 Å². The molecule has 3 rings (SSSR count). The molecule has 2 aromatic carbocycles. The Balaban J connectivity index is 1.84. The van der Waals surface area contributed by atoms with Gasteiger partial charge in [-0.15, -0.1) is 12.6 Å². The van der Waals surface area contributed by atoms with Gasteiger partial charge in [0.05, 0.1) is 0 Å². The first-order valence-electron chi connectivity index (χ1n) is 7.39. The second-order valence-corrected chi connectivity index (χ2v) is 5.88. The zero-order chi connectivity index (χ0) is 15.4. The maximum absolute atomic E-state index is 11.0. The highest BCUT2D eigenvalue weighted by molar-refractivity contribution is 7.96. The van der Waals surface area contributed by atoms with Crippen molar-refractivity contribution in [1.82, 2.24) is 0 Å². The molecule has 1 aliphatic heterocycles. The zero-order valence-corrected chi connectivity index (χ0v) is 13.1. The lowest BCUT2D eigenvalue weighted by Crippen LogP contribution is -1.98. The smallest absolute Gasteiger partial charge is 0.231 e. The second kappa shape index (κ2) is 6.88. The molecular formula is C18H18O3S. The molecule has 0 spiro atoms. The van der Waals surface area contributed by atoms with E-state index in [2.05, 4.69) is 30.8 Å². The molecule has 4 heteroatoms. The van der Waals surface area contributed by atoms with E-state index in [0.717, 1.165) is 30.8 Å². The Morgan fingerprint density at radius 1 is 1.05 bits per heavy atom. The average Bonchev–Trinajstić information content (AvgIpc) is 2.95. The molecule has 0 saturated heterocycles. The van der Waals surface area contributed by atoms with Crippen LogP contribution in [0.3, 0.4) is 0 Å². The Kier molecular flexibility index (Phi) is 4.68. The first-order valence-corrected chi connectivity index (χ1v) is 7.84. The van der Waals surface area contributed by atoms with Crippen molar-refractivity contribution in [2.45, 2.75) is 25.7 Å². The molecule has 3 nitrogen and oxygen atoms in total. The van der Waals surface area contributed by atoms with Crippen LogP contribution in [0.2, 0.25) is 0 Å². The molecule has 1 aliphatic rings. The summed E-state index contributed by atoms with van der Waals surface area (Å²) in [6, 6.07) is 14.4. The molecule has 0 bridgehead atoms. The summed E-state index contributed by atoms with van der Waals surface area (Å²) in [7, 11) is 0. The van der Waals surface area contributed by atoms with Gasteiger partial charge in [0.15, 0.2) is 16.6 Å². The van der Waals surface area contributed by atoms with Crippen LogP contribution in [0.1, 0.15) is 29.5 Å². The monoisotopic (exact) mass is 314 g/mol. The van der Waals surface area contributed by atoms with E-state index >= 15 is 0 Å². The number of fused-ring (bicyclic) bond motifs is 1. The van der Waals surface area contributed by atoms with Crippen molar-refractivity contribution in [3.63, 3.8) is 0 Å². The van der Waals surface area contributed by atoms with Crippen LogP contribution in [0, 0.1) is 0 Å². The summed E-state index contributed by atoms with van der Waals surface area (Å²) in [5.74, 6) is 1.60. The first kappa shape index (κ1) is 15.0. The molecule has 22 heavy (non-hydrogen) atoms. The van der Waals surface area contributed by atoms with Gasteiger partial charge < -0.3 is 9.47 Å². The van der Waals surface area contributed by atoms with E-state index in [4.69, 9.17) is 9.47 Å². The Hall–Kier alpha value is -1.94. The summed E-state index contributed by atoms with van der Waals surface area (Å²) in [4.78, 5) is 11.0. The summed E-state index contributed by atoms with van der Waals surface area (Å²) < 4.78 is 11.0. The summed E-state index contributed by atoms with van der Waals surface area (Å²) in [6.07, 6.45) is 2.97. The van der Waals surface area contributed by atoms with Crippen LogP contribution in [0.5, 0.6) is 11.5 Å². The molecule has 0 saturated carbocycles. The Morgan fingerprint density at radius 3 is 2.41 bits per heavy atom. The van der Waals surface area contributed by atoms with Gasteiger partial charge in [-0.25, -0.2) is 0 Å². The fourth-order valence-electron chi connectivity index (χ4n) is 2.67. The van der Waals surface area contributed by atoms with Crippen LogP contribution in [0.25, 0.3) is 0 Å². The highest BCUT2D eigenvalue weighted by Crippen LogP contribution is 2.36. The van der Waals surface area contributed by atoms with Crippen molar-refractivity contribution in [2.24, 2.45) is 0 Å². The predicted molar refractivity (Wildman–Crippen MR) is 88.7 cm³/mol. The van der Waals surface area contributed by atoms with Crippen molar-refractivity contribution < 1.29 is 14.3 Å². The third kappa shape index (κ3) is 3.63. The highest BCUT2D eigenvalue weighted by atomic mass is 32.1.